The first-order valence-electron chi connectivity index (χ1n) is 9.07. The fraction of sp³-hybridized carbons (Fsp3) is 0.600. The maximum Gasteiger partial charge on any atom is 0.251 e. The summed E-state index contributed by atoms with van der Waals surface area (Å²) in [7, 11) is 0. The van der Waals surface area contributed by atoms with Crippen molar-refractivity contribution in [1.29, 1.82) is 0 Å². The summed E-state index contributed by atoms with van der Waals surface area (Å²) in [6.45, 7) is 6.96. The maximum atomic E-state index is 12.1. The summed E-state index contributed by atoms with van der Waals surface area (Å²) >= 11 is 0. The number of hydrogen-bond acceptors (Lipinski definition) is 3. The van der Waals surface area contributed by atoms with Crippen molar-refractivity contribution < 1.29 is 14.7 Å². The molecule has 0 aromatic heterocycles. The molecule has 5 nitrogen and oxygen atoms in total. The van der Waals surface area contributed by atoms with Gasteiger partial charge in [-0.1, -0.05) is 45.7 Å². The second kappa shape index (κ2) is 8.00. The third-order valence-electron chi connectivity index (χ3n) is 4.80. The molecule has 1 aromatic rings. The van der Waals surface area contributed by atoms with Crippen LogP contribution in [0.15, 0.2) is 24.3 Å². The third kappa shape index (κ3) is 5.85. The number of benzene rings is 1. The van der Waals surface area contributed by atoms with E-state index in [2.05, 4.69) is 31.4 Å². The van der Waals surface area contributed by atoms with Gasteiger partial charge in [0.25, 0.3) is 5.91 Å². The molecular weight excluding hydrogens is 316 g/mol. The molecule has 0 heterocycles. The number of rotatable bonds is 6. The van der Waals surface area contributed by atoms with Crippen LogP contribution in [0, 0.1) is 0 Å². The van der Waals surface area contributed by atoms with Gasteiger partial charge in [0.2, 0.25) is 5.91 Å². The van der Waals surface area contributed by atoms with Crippen LogP contribution in [0.4, 0.5) is 0 Å². The van der Waals surface area contributed by atoms with E-state index in [0.29, 0.717) is 12.1 Å². The highest BCUT2D eigenvalue weighted by atomic mass is 16.3. The van der Waals surface area contributed by atoms with Crippen molar-refractivity contribution in [2.45, 2.75) is 63.9 Å². The van der Waals surface area contributed by atoms with Crippen molar-refractivity contribution >= 4 is 11.8 Å². The van der Waals surface area contributed by atoms with Crippen LogP contribution < -0.4 is 10.6 Å². The Labute approximate surface area is 150 Å². The molecular formula is C20H30N2O3. The second-order valence-electron chi connectivity index (χ2n) is 8.04. The molecule has 2 amide bonds. The molecule has 138 valence electrons. The van der Waals surface area contributed by atoms with Gasteiger partial charge in [-0.15, -0.1) is 0 Å². The minimum absolute atomic E-state index is 0.0521. The lowest BCUT2D eigenvalue weighted by atomic mass is 9.87. The van der Waals surface area contributed by atoms with E-state index in [9.17, 15) is 14.7 Å². The molecule has 0 spiro atoms. The molecule has 1 fully saturated rings. The van der Waals surface area contributed by atoms with Crippen molar-refractivity contribution in [2.75, 3.05) is 13.1 Å². The molecule has 0 atom stereocenters. The Morgan fingerprint density at radius 1 is 1.08 bits per heavy atom. The van der Waals surface area contributed by atoms with E-state index >= 15 is 0 Å². The Bertz CT molecular complexity index is 596. The van der Waals surface area contributed by atoms with Crippen LogP contribution in [-0.2, 0) is 10.2 Å². The molecule has 1 aromatic carbocycles. The first kappa shape index (κ1) is 19.4. The van der Waals surface area contributed by atoms with Crippen LogP contribution in [0.1, 0.15) is 68.8 Å². The van der Waals surface area contributed by atoms with Gasteiger partial charge < -0.3 is 15.7 Å². The van der Waals surface area contributed by atoms with E-state index in [1.807, 2.05) is 24.3 Å². The Hall–Kier alpha value is -1.88. The largest absolute Gasteiger partial charge is 0.388 e. The summed E-state index contributed by atoms with van der Waals surface area (Å²) in [5, 5.41) is 15.7. The van der Waals surface area contributed by atoms with E-state index in [1.165, 1.54) is 5.56 Å². The average Bonchev–Trinajstić information content (AvgIpc) is 2.99. The molecule has 5 heteroatoms. The Morgan fingerprint density at radius 3 is 2.24 bits per heavy atom. The minimum atomic E-state index is -0.742. The molecule has 1 aliphatic rings. The predicted octanol–water partition coefficient (Wildman–Crippen LogP) is 2.53. The maximum absolute atomic E-state index is 12.1. The zero-order valence-corrected chi connectivity index (χ0v) is 15.5. The van der Waals surface area contributed by atoms with Gasteiger partial charge in [0, 0.05) is 25.1 Å². The minimum Gasteiger partial charge on any atom is -0.388 e. The lowest BCUT2D eigenvalue weighted by molar-refractivity contribution is -0.122. The third-order valence-corrected chi connectivity index (χ3v) is 4.80. The molecule has 0 bridgehead atoms. The van der Waals surface area contributed by atoms with Crippen LogP contribution in [0.2, 0.25) is 0 Å². The van der Waals surface area contributed by atoms with Crippen molar-refractivity contribution in [3.05, 3.63) is 35.4 Å². The summed E-state index contributed by atoms with van der Waals surface area (Å²) in [4.78, 5) is 24.0. The van der Waals surface area contributed by atoms with Crippen LogP contribution in [0.5, 0.6) is 0 Å². The van der Waals surface area contributed by atoms with E-state index < -0.39 is 5.60 Å². The average molecular weight is 346 g/mol. The van der Waals surface area contributed by atoms with Crippen molar-refractivity contribution in [3.8, 4) is 0 Å². The van der Waals surface area contributed by atoms with Gasteiger partial charge >= 0.3 is 0 Å². The highest BCUT2D eigenvalue weighted by molar-refractivity contribution is 5.94. The molecule has 0 saturated heterocycles. The monoisotopic (exact) mass is 346 g/mol. The van der Waals surface area contributed by atoms with Crippen LogP contribution in [-0.4, -0.2) is 35.6 Å². The summed E-state index contributed by atoms with van der Waals surface area (Å²) in [6, 6.07) is 7.55. The second-order valence-corrected chi connectivity index (χ2v) is 8.04. The highest BCUT2D eigenvalue weighted by Gasteiger charge is 2.31. The van der Waals surface area contributed by atoms with Gasteiger partial charge in [-0.05, 0) is 36.0 Å². The van der Waals surface area contributed by atoms with Crippen LogP contribution in [0.3, 0.4) is 0 Å². The Kier molecular flexibility index (Phi) is 6.22. The van der Waals surface area contributed by atoms with Crippen LogP contribution >= 0.6 is 0 Å². The highest BCUT2D eigenvalue weighted by Crippen LogP contribution is 2.28. The molecule has 0 unspecified atom stereocenters. The number of hydrogen-bond donors (Lipinski definition) is 3. The standard InChI is InChI=1S/C20H30N2O3/c1-19(2,3)16-8-6-15(7-9-16)18(24)21-13-10-17(23)22-14-20(25)11-4-5-12-20/h6-9,25H,4-5,10-14H2,1-3H3,(H,21,24)(H,22,23). The van der Waals surface area contributed by atoms with Crippen LogP contribution in [0.25, 0.3) is 0 Å². The number of amides is 2. The summed E-state index contributed by atoms with van der Waals surface area (Å²) < 4.78 is 0. The quantitative estimate of drug-likeness (QED) is 0.741. The SMILES string of the molecule is CC(C)(C)c1ccc(C(=O)NCCC(=O)NCC2(O)CCCC2)cc1. The molecule has 1 saturated carbocycles. The molecule has 3 N–H and O–H groups in total. The molecule has 0 radical (unpaired) electrons. The van der Waals surface area contributed by atoms with Gasteiger partial charge in [0.05, 0.1) is 5.60 Å². The van der Waals surface area contributed by atoms with Gasteiger partial charge in [0.15, 0.2) is 0 Å². The van der Waals surface area contributed by atoms with Crippen molar-refractivity contribution in [3.63, 3.8) is 0 Å². The van der Waals surface area contributed by atoms with E-state index in [-0.39, 0.29) is 30.2 Å². The fourth-order valence-electron chi connectivity index (χ4n) is 3.07. The van der Waals surface area contributed by atoms with E-state index in [1.54, 1.807) is 0 Å². The summed E-state index contributed by atoms with van der Waals surface area (Å²) in [6.07, 6.45) is 3.72. The smallest absolute Gasteiger partial charge is 0.251 e. The lowest BCUT2D eigenvalue weighted by Crippen LogP contribution is -2.41. The van der Waals surface area contributed by atoms with E-state index in [0.717, 1.165) is 25.7 Å². The number of nitrogens with one attached hydrogen (secondary N) is 2. The summed E-state index contributed by atoms with van der Waals surface area (Å²) in [5.74, 6) is -0.327. The summed E-state index contributed by atoms with van der Waals surface area (Å²) in [5.41, 5.74) is 1.08. The predicted molar refractivity (Wildman–Crippen MR) is 98.5 cm³/mol. The molecule has 25 heavy (non-hydrogen) atoms. The number of carbonyl (C=O) groups excluding carboxylic acids is 2. The molecule has 2 rings (SSSR count). The zero-order valence-electron chi connectivity index (χ0n) is 15.5. The van der Waals surface area contributed by atoms with Gasteiger partial charge in [0.1, 0.15) is 0 Å². The van der Waals surface area contributed by atoms with Gasteiger partial charge in [-0.2, -0.15) is 0 Å². The molecule has 1 aliphatic carbocycles. The normalized spacial score (nSPS) is 16.5. The van der Waals surface area contributed by atoms with Gasteiger partial charge in [-0.25, -0.2) is 0 Å². The number of aliphatic hydroxyl groups is 1. The number of carbonyl (C=O) groups is 2. The van der Waals surface area contributed by atoms with Crippen molar-refractivity contribution in [2.24, 2.45) is 0 Å². The van der Waals surface area contributed by atoms with E-state index in [4.69, 9.17) is 0 Å². The first-order chi connectivity index (χ1) is 11.7. The first-order valence-corrected chi connectivity index (χ1v) is 9.07. The topological polar surface area (TPSA) is 78.4 Å². The fourth-order valence-corrected chi connectivity index (χ4v) is 3.07. The molecule has 0 aliphatic heterocycles. The van der Waals surface area contributed by atoms with Gasteiger partial charge in [-0.3, -0.25) is 9.59 Å². The zero-order chi connectivity index (χ0) is 18.5. The Balaban J connectivity index is 1.72. The Morgan fingerprint density at radius 2 is 1.68 bits per heavy atom. The lowest BCUT2D eigenvalue weighted by Gasteiger charge is -2.22. The van der Waals surface area contributed by atoms with Crippen molar-refractivity contribution in [1.82, 2.24) is 10.6 Å².